The van der Waals surface area contributed by atoms with E-state index in [1.165, 1.54) is 0 Å². The number of hydrogen-bond donors (Lipinski definition) is 0. The van der Waals surface area contributed by atoms with Crippen molar-refractivity contribution >= 4 is 33.7 Å². The fourth-order valence-corrected chi connectivity index (χ4v) is 4.56. The van der Waals surface area contributed by atoms with Crippen LogP contribution < -0.4 is 0 Å². The van der Waals surface area contributed by atoms with Gasteiger partial charge in [0.1, 0.15) is 10.9 Å². The Morgan fingerprint density at radius 1 is 0.767 bits per heavy atom. The summed E-state index contributed by atoms with van der Waals surface area (Å²) in [6, 6.07) is 26.7. The van der Waals surface area contributed by atoms with E-state index in [1.807, 2.05) is 68.7 Å². The Hall–Kier alpha value is -3.22. The third kappa shape index (κ3) is 3.56. The molecule has 0 unspecified atom stereocenters. The number of benzene rings is 3. The van der Waals surface area contributed by atoms with Crippen LogP contribution in [-0.2, 0) is 6.54 Å². The minimum absolute atomic E-state index is 0.688. The van der Waals surface area contributed by atoms with Crippen LogP contribution in [0.15, 0.2) is 89.0 Å². The normalized spacial score (nSPS) is 11.6. The average molecular weight is 412 g/mol. The number of para-hydroxylation sites is 4. The van der Waals surface area contributed by atoms with Gasteiger partial charge in [0, 0.05) is 11.1 Å². The zero-order valence-electron chi connectivity index (χ0n) is 16.9. The zero-order valence-corrected chi connectivity index (χ0v) is 17.7. The van der Waals surface area contributed by atoms with E-state index in [0.29, 0.717) is 6.54 Å². The Balaban J connectivity index is 1.69. The van der Waals surface area contributed by atoms with Crippen LogP contribution in [0.5, 0.6) is 0 Å². The van der Waals surface area contributed by atoms with Crippen molar-refractivity contribution in [2.75, 3.05) is 14.1 Å². The summed E-state index contributed by atoms with van der Waals surface area (Å²) >= 11 is 1.59. The minimum Gasteiger partial charge on any atom is -0.302 e. The maximum atomic E-state index is 4.94. The van der Waals surface area contributed by atoms with E-state index < -0.39 is 0 Å². The summed E-state index contributed by atoms with van der Waals surface area (Å²) in [6.45, 7) is 0.688. The van der Waals surface area contributed by atoms with E-state index in [1.54, 1.807) is 11.8 Å². The Bertz CT molecular complexity index is 1330. The van der Waals surface area contributed by atoms with Crippen LogP contribution >= 0.6 is 11.8 Å². The maximum Gasteiger partial charge on any atom is 0.180 e. The van der Waals surface area contributed by atoms with Crippen molar-refractivity contribution in [3.8, 4) is 5.69 Å². The van der Waals surface area contributed by atoms with Crippen LogP contribution in [0.4, 0.5) is 0 Å². The Kier molecular flexibility index (Phi) is 4.94. The molecule has 0 aliphatic carbocycles. The summed E-state index contributed by atoms with van der Waals surface area (Å²) in [5, 5.41) is 2.85. The standard InChI is InChI=1S/C24H21N5S/c1-28(2)16-22-25-19-13-7-6-12-18(19)23(27-22)30-24-26-20-14-8-9-15-21(20)29(24)17-10-4-3-5-11-17/h3-15H,16H2,1-2H3. The molecule has 3 aromatic carbocycles. The van der Waals surface area contributed by atoms with Gasteiger partial charge >= 0.3 is 0 Å². The molecule has 2 aromatic heterocycles. The molecule has 0 radical (unpaired) electrons. The highest BCUT2D eigenvalue weighted by atomic mass is 32.2. The summed E-state index contributed by atoms with van der Waals surface area (Å²) in [5.74, 6) is 0.809. The molecular formula is C24H21N5S. The molecule has 0 bridgehead atoms. The summed E-state index contributed by atoms with van der Waals surface area (Å²) < 4.78 is 2.20. The van der Waals surface area contributed by atoms with Crippen molar-refractivity contribution in [3.63, 3.8) is 0 Å². The fraction of sp³-hybridized carbons (Fsp3) is 0.125. The second-order valence-electron chi connectivity index (χ2n) is 7.36. The lowest BCUT2D eigenvalue weighted by Gasteiger charge is -2.12. The summed E-state index contributed by atoms with van der Waals surface area (Å²) in [5.41, 5.74) is 4.09. The van der Waals surface area contributed by atoms with Crippen LogP contribution in [0.1, 0.15) is 5.82 Å². The smallest absolute Gasteiger partial charge is 0.180 e. The highest BCUT2D eigenvalue weighted by molar-refractivity contribution is 7.99. The molecule has 0 saturated carbocycles. The van der Waals surface area contributed by atoms with Gasteiger partial charge in [0.2, 0.25) is 0 Å². The summed E-state index contributed by atoms with van der Waals surface area (Å²) in [4.78, 5) is 16.7. The van der Waals surface area contributed by atoms with Gasteiger partial charge in [-0.25, -0.2) is 15.0 Å². The van der Waals surface area contributed by atoms with Gasteiger partial charge in [-0.3, -0.25) is 4.57 Å². The molecule has 0 saturated heterocycles. The molecule has 30 heavy (non-hydrogen) atoms. The molecule has 5 rings (SSSR count). The van der Waals surface area contributed by atoms with Gasteiger partial charge in [0.15, 0.2) is 5.16 Å². The number of fused-ring (bicyclic) bond motifs is 2. The lowest BCUT2D eigenvalue weighted by Crippen LogP contribution is -2.13. The van der Waals surface area contributed by atoms with Crippen LogP contribution in [0.25, 0.3) is 27.6 Å². The monoisotopic (exact) mass is 411 g/mol. The van der Waals surface area contributed by atoms with E-state index in [0.717, 1.165) is 43.6 Å². The van der Waals surface area contributed by atoms with Crippen molar-refractivity contribution in [1.29, 1.82) is 0 Å². The third-order valence-corrected chi connectivity index (χ3v) is 5.77. The number of imidazole rings is 1. The highest BCUT2D eigenvalue weighted by Gasteiger charge is 2.17. The molecule has 0 aliphatic heterocycles. The van der Waals surface area contributed by atoms with Gasteiger partial charge < -0.3 is 4.90 Å². The first kappa shape index (κ1) is 18.8. The van der Waals surface area contributed by atoms with E-state index >= 15 is 0 Å². The second-order valence-corrected chi connectivity index (χ2v) is 8.31. The number of hydrogen-bond acceptors (Lipinski definition) is 5. The van der Waals surface area contributed by atoms with E-state index in [-0.39, 0.29) is 0 Å². The summed E-state index contributed by atoms with van der Waals surface area (Å²) in [7, 11) is 4.06. The van der Waals surface area contributed by atoms with Crippen molar-refractivity contribution in [2.24, 2.45) is 0 Å². The predicted molar refractivity (Wildman–Crippen MR) is 122 cm³/mol. The maximum absolute atomic E-state index is 4.94. The first-order chi connectivity index (χ1) is 14.7. The SMILES string of the molecule is CN(C)Cc1nc(Sc2nc3ccccc3n2-c2ccccc2)c2ccccc2n1. The number of aromatic nitrogens is 4. The van der Waals surface area contributed by atoms with Gasteiger partial charge in [-0.1, -0.05) is 48.5 Å². The molecule has 0 amide bonds. The van der Waals surface area contributed by atoms with Gasteiger partial charge in [-0.15, -0.1) is 0 Å². The molecule has 6 heteroatoms. The van der Waals surface area contributed by atoms with Gasteiger partial charge in [-0.05, 0) is 56.2 Å². The molecule has 0 N–H and O–H groups in total. The molecule has 0 aliphatic rings. The van der Waals surface area contributed by atoms with Crippen molar-refractivity contribution in [3.05, 3.63) is 84.7 Å². The zero-order chi connectivity index (χ0) is 20.5. The predicted octanol–water partition coefficient (Wildman–Crippen LogP) is 5.18. The first-order valence-electron chi connectivity index (χ1n) is 9.80. The van der Waals surface area contributed by atoms with Gasteiger partial charge in [0.25, 0.3) is 0 Å². The first-order valence-corrected chi connectivity index (χ1v) is 10.6. The van der Waals surface area contributed by atoms with Crippen LogP contribution in [-0.4, -0.2) is 38.5 Å². The van der Waals surface area contributed by atoms with E-state index in [2.05, 4.69) is 33.7 Å². The molecule has 148 valence electrons. The van der Waals surface area contributed by atoms with Crippen LogP contribution in [0, 0.1) is 0 Å². The molecule has 5 aromatic rings. The quantitative estimate of drug-likeness (QED) is 0.373. The van der Waals surface area contributed by atoms with Crippen molar-refractivity contribution < 1.29 is 0 Å². The van der Waals surface area contributed by atoms with Crippen LogP contribution in [0.2, 0.25) is 0 Å². The molecule has 0 spiro atoms. The second kappa shape index (κ2) is 7.89. The topological polar surface area (TPSA) is 46.8 Å². The third-order valence-electron chi connectivity index (χ3n) is 4.80. The Morgan fingerprint density at radius 3 is 2.27 bits per heavy atom. The molecule has 2 heterocycles. The average Bonchev–Trinajstić information content (AvgIpc) is 3.12. The largest absolute Gasteiger partial charge is 0.302 e. The van der Waals surface area contributed by atoms with E-state index in [4.69, 9.17) is 15.0 Å². The van der Waals surface area contributed by atoms with E-state index in [9.17, 15) is 0 Å². The minimum atomic E-state index is 0.688. The fourth-order valence-electron chi connectivity index (χ4n) is 3.51. The van der Waals surface area contributed by atoms with Gasteiger partial charge in [0.05, 0.1) is 23.1 Å². The highest BCUT2D eigenvalue weighted by Crippen LogP contribution is 2.35. The molecule has 0 atom stereocenters. The summed E-state index contributed by atoms with van der Waals surface area (Å²) in [6.07, 6.45) is 0. The molecule has 0 fully saturated rings. The number of nitrogens with zero attached hydrogens (tertiary/aromatic N) is 5. The Labute approximate surface area is 179 Å². The lowest BCUT2D eigenvalue weighted by molar-refractivity contribution is 0.390. The van der Waals surface area contributed by atoms with Crippen molar-refractivity contribution in [2.45, 2.75) is 16.7 Å². The van der Waals surface area contributed by atoms with Gasteiger partial charge in [-0.2, -0.15) is 0 Å². The van der Waals surface area contributed by atoms with Crippen molar-refractivity contribution in [1.82, 2.24) is 24.4 Å². The molecular weight excluding hydrogens is 390 g/mol. The molecule has 5 nitrogen and oxygen atoms in total. The number of rotatable bonds is 5. The Morgan fingerprint density at radius 2 is 1.47 bits per heavy atom. The van der Waals surface area contributed by atoms with Crippen LogP contribution in [0.3, 0.4) is 0 Å². The lowest BCUT2D eigenvalue weighted by atomic mass is 10.2.